The van der Waals surface area contributed by atoms with Crippen molar-refractivity contribution in [3.8, 4) is 28.7 Å². The first-order valence-corrected chi connectivity index (χ1v) is 15.4. The number of aliphatic hydroxyl groups is 2. The van der Waals surface area contributed by atoms with E-state index in [4.69, 9.17) is 14.2 Å². The third-order valence-corrected chi connectivity index (χ3v) is 8.11. The van der Waals surface area contributed by atoms with Crippen molar-refractivity contribution in [3.05, 3.63) is 106 Å². The Morgan fingerprint density at radius 1 is 1.00 bits per heavy atom. The average Bonchev–Trinajstić information content (AvgIpc) is 3.09. The number of benzene rings is 2. The van der Waals surface area contributed by atoms with E-state index < -0.39 is 17.1 Å². The number of nitrogens with zero attached hydrogens (tertiary/aromatic N) is 3. The van der Waals surface area contributed by atoms with E-state index in [1.54, 1.807) is 60.8 Å². The zero-order chi connectivity index (χ0) is 33.8. The predicted octanol–water partition coefficient (Wildman–Crippen LogP) is 4.87. The highest BCUT2D eigenvalue weighted by atomic mass is 16.5. The monoisotopic (exact) mass is 650 g/mol. The molecule has 0 spiro atoms. The molecule has 3 N–H and O–H groups in total. The summed E-state index contributed by atoms with van der Waals surface area (Å²) in [5.41, 5.74) is 0.198. The van der Waals surface area contributed by atoms with Gasteiger partial charge in [-0.05, 0) is 62.2 Å². The van der Waals surface area contributed by atoms with Crippen molar-refractivity contribution in [2.45, 2.75) is 38.2 Å². The number of ether oxygens (including phenoxy) is 3. The maximum atomic E-state index is 13.6. The third kappa shape index (κ3) is 6.75. The van der Waals surface area contributed by atoms with Gasteiger partial charge < -0.3 is 29.7 Å². The highest BCUT2D eigenvalue weighted by Crippen LogP contribution is 2.37. The summed E-state index contributed by atoms with van der Waals surface area (Å²) < 4.78 is 18.9. The van der Waals surface area contributed by atoms with E-state index in [1.807, 2.05) is 6.07 Å². The second-order valence-electron chi connectivity index (χ2n) is 11.7. The lowest BCUT2D eigenvalue weighted by Gasteiger charge is -2.21. The second-order valence-corrected chi connectivity index (χ2v) is 11.7. The van der Waals surface area contributed by atoms with Gasteiger partial charge in [0.15, 0.2) is 17.3 Å². The van der Waals surface area contributed by atoms with Crippen molar-refractivity contribution < 1.29 is 34.0 Å². The number of pyridine rings is 3. The fourth-order valence-electron chi connectivity index (χ4n) is 5.48. The van der Waals surface area contributed by atoms with Gasteiger partial charge in [-0.1, -0.05) is 18.2 Å². The quantitative estimate of drug-likeness (QED) is 0.180. The Hall–Kier alpha value is -5.59. The molecular weight excluding hydrogens is 616 g/mol. The molecule has 0 aliphatic heterocycles. The lowest BCUT2D eigenvalue weighted by Crippen LogP contribution is -2.33. The number of Topliss-reactive ketones (excluding diaryl/α,β-unsaturated/α-hetero) is 1. The van der Waals surface area contributed by atoms with Crippen molar-refractivity contribution in [1.82, 2.24) is 14.5 Å². The summed E-state index contributed by atoms with van der Waals surface area (Å²) in [6, 6.07) is 18.6. The summed E-state index contributed by atoms with van der Waals surface area (Å²) in [7, 11) is 1.50. The third-order valence-electron chi connectivity index (χ3n) is 8.11. The number of aromatic nitrogens is 3. The molecular formula is C36H34N4O8. The van der Waals surface area contributed by atoms with Gasteiger partial charge in [-0.15, -0.1) is 0 Å². The number of ketones is 1. The lowest BCUT2D eigenvalue weighted by atomic mass is 9.92. The van der Waals surface area contributed by atoms with Gasteiger partial charge >= 0.3 is 0 Å². The van der Waals surface area contributed by atoms with Gasteiger partial charge in [0.1, 0.15) is 22.9 Å². The van der Waals surface area contributed by atoms with E-state index in [2.05, 4.69) is 15.3 Å². The molecule has 12 heteroatoms. The molecule has 1 aliphatic rings. The van der Waals surface area contributed by atoms with Crippen LogP contribution in [0, 0.1) is 0 Å². The normalized spacial score (nSPS) is 13.8. The first kappa shape index (κ1) is 32.4. The molecule has 1 atom stereocenters. The van der Waals surface area contributed by atoms with Crippen LogP contribution in [-0.2, 0) is 6.42 Å². The molecule has 3 aromatic heterocycles. The number of amides is 1. The number of hydrogen-bond donors (Lipinski definition) is 3. The van der Waals surface area contributed by atoms with Gasteiger partial charge in [0.05, 0.1) is 37.6 Å². The topological polar surface area (TPSA) is 162 Å². The number of nitrogens with one attached hydrogen (secondary N) is 1. The van der Waals surface area contributed by atoms with Crippen LogP contribution < -0.4 is 25.1 Å². The maximum absolute atomic E-state index is 13.6. The van der Waals surface area contributed by atoms with E-state index >= 15 is 0 Å². The summed E-state index contributed by atoms with van der Waals surface area (Å²) in [5.74, 6) is 1.08. The minimum atomic E-state index is -1.26. The number of anilines is 1. The van der Waals surface area contributed by atoms with E-state index in [0.717, 1.165) is 0 Å². The van der Waals surface area contributed by atoms with Gasteiger partial charge in [0.25, 0.3) is 11.5 Å². The molecule has 1 aliphatic carbocycles. The number of fused-ring (bicyclic) bond motifs is 2. The smallest absolute Gasteiger partial charge is 0.268 e. The molecule has 6 rings (SSSR count). The van der Waals surface area contributed by atoms with Crippen LogP contribution in [0.25, 0.3) is 16.6 Å². The van der Waals surface area contributed by atoms with Crippen molar-refractivity contribution in [2.24, 2.45) is 0 Å². The fourth-order valence-corrected chi connectivity index (χ4v) is 5.48. The molecule has 0 saturated carbocycles. The minimum Gasteiger partial charge on any atom is -0.493 e. The highest BCUT2D eigenvalue weighted by Gasteiger charge is 2.26. The Morgan fingerprint density at radius 3 is 2.54 bits per heavy atom. The predicted molar refractivity (Wildman–Crippen MR) is 178 cm³/mol. The Morgan fingerprint density at radius 2 is 1.81 bits per heavy atom. The number of carbonyl (C=O) groups is 2. The molecule has 0 unspecified atom stereocenters. The first-order valence-electron chi connectivity index (χ1n) is 15.4. The molecule has 48 heavy (non-hydrogen) atoms. The van der Waals surface area contributed by atoms with Gasteiger partial charge in [-0.2, -0.15) is 0 Å². The van der Waals surface area contributed by atoms with E-state index in [1.165, 1.54) is 30.9 Å². The van der Waals surface area contributed by atoms with E-state index in [-0.39, 0.29) is 36.8 Å². The molecule has 0 bridgehead atoms. The summed E-state index contributed by atoms with van der Waals surface area (Å²) in [6.07, 6.45) is 4.77. The lowest BCUT2D eigenvalue weighted by molar-refractivity contribution is -0.0140. The second kappa shape index (κ2) is 13.6. The SMILES string of the molecule is COc1cc2c(Oc3ccc(NC(=O)c4cc5c(n(-c6ccccc6)c4=O)CCCC5=O)nc3)ccnc2cc1OCC[C@@](C)(O)CO. The van der Waals surface area contributed by atoms with Crippen LogP contribution in [0.15, 0.2) is 83.9 Å². The number of rotatable bonds is 11. The highest BCUT2D eigenvalue weighted by molar-refractivity contribution is 6.06. The maximum Gasteiger partial charge on any atom is 0.268 e. The Kier molecular flexibility index (Phi) is 9.19. The van der Waals surface area contributed by atoms with Crippen LogP contribution in [0.4, 0.5) is 5.82 Å². The first-order chi connectivity index (χ1) is 23.2. The van der Waals surface area contributed by atoms with Crippen LogP contribution in [0.3, 0.4) is 0 Å². The number of para-hydroxylation sites is 1. The van der Waals surface area contributed by atoms with Gasteiger partial charge in [-0.25, -0.2) is 4.98 Å². The number of hydrogen-bond acceptors (Lipinski definition) is 10. The number of methoxy groups -OCH3 is 1. The zero-order valence-corrected chi connectivity index (χ0v) is 26.4. The van der Waals surface area contributed by atoms with E-state index in [0.29, 0.717) is 70.1 Å². The largest absolute Gasteiger partial charge is 0.493 e. The Bertz CT molecular complexity index is 2040. The van der Waals surface area contributed by atoms with Crippen molar-refractivity contribution in [1.29, 1.82) is 0 Å². The van der Waals surface area contributed by atoms with Gasteiger partial charge in [0, 0.05) is 47.4 Å². The van der Waals surface area contributed by atoms with Crippen LogP contribution >= 0.6 is 0 Å². The fraction of sp³-hybridized carbons (Fsp3) is 0.250. The van der Waals surface area contributed by atoms with Gasteiger partial charge in [-0.3, -0.25) is 23.9 Å². The molecule has 5 aromatic rings. The van der Waals surface area contributed by atoms with Crippen LogP contribution in [0.5, 0.6) is 23.0 Å². The minimum absolute atomic E-state index is 0.105. The summed E-state index contributed by atoms with van der Waals surface area (Å²) in [6.45, 7) is 1.28. The molecule has 2 aromatic carbocycles. The summed E-state index contributed by atoms with van der Waals surface area (Å²) in [4.78, 5) is 48.6. The molecule has 12 nitrogen and oxygen atoms in total. The molecule has 0 fully saturated rings. The molecule has 0 saturated heterocycles. The average molecular weight is 651 g/mol. The summed E-state index contributed by atoms with van der Waals surface area (Å²) >= 11 is 0. The molecule has 3 heterocycles. The van der Waals surface area contributed by atoms with Crippen LogP contribution in [0.2, 0.25) is 0 Å². The molecule has 1 amide bonds. The van der Waals surface area contributed by atoms with Gasteiger partial charge in [0.2, 0.25) is 0 Å². The number of aliphatic hydroxyl groups excluding tert-OH is 1. The van der Waals surface area contributed by atoms with Crippen LogP contribution in [-0.4, -0.2) is 62.4 Å². The summed E-state index contributed by atoms with van der Waals surface area (Å²) in [5, 5.41) is 22.6. The Labute approximate surface area is 275 Å². The molecule has 246 valence electrons. The molecule has 0 radical (unpaired) electrons. The van der Waals surface area contributed by atoms with Crippen molar-refractivity contribution >= 4 is 28.4 Å². The van der Waals surface area contributed by atoms with Crippen LogP contribution in [0.1, 0.15) is 52.6 Å². The zero-order valence-electron chi connectivity index (χ0n) is 26.4. The van der Waals surface area contributed by atoms with E-state index in [9.17, 15) is 24.6 Å². The van der Waals surface area contributed by atoms with Crippen molar-refractivity contribution in [3.63, 3.8) is 0 Å². The number of carbonyl (C=O) groups excluding carboxylic acids is 2. The Balaban J connectivity index is 1.21. The van der Waals surface area contributed by atoms with Crippen molar-refractivity contribution in [2.75, 3.05) is 25.6 Å². The standard InChI is InChI=1S/C36H34N4O8/c1-36(45,21-41)14-16-47-32-19-27-24(18-31(32)46-2)30(13-15-37-27)48-23-11-12-33(38-20-23)39-34(43)26-17-25-28(9-6-10-29(25)42)40(35(26)44)22-7-4-3-5-8-22/h3-5,7-8,11-13,15,17-20,41,45H,6,9-10,14,16,21H2,1-2H3,(H,38,39,43)/t36-/m1/s1.